The zero-order chi connectivity index (χ0) is 29.5. The molecule has 2 heterocycles. The smallest absolute Gasteiger partial charge is 0.0998 e. The molecule has 0 aliphatic heterocycles. The number of nitrogens with zero attached hydrogens (tertiary/aromatic N) is 3. The van der Waals surface area contributed by atoms with Gasteiger partial charge in [-0.05, 0) is 62.4 Å². The van der Waals surface area contributed by atoms with Gasteiger partial charge in [0.1, 0.15) is 0 Å². The van der Waals surface area contributed by atoms with Crippen LogP contribution < -0.4 is 0 Å². The minimum absolute atomic E-state index is 0.683. The summed E-state index contributed by atoms with van der Waals surface area (Å²) < 4.78 is 0. The summed E-state index contributed by atoms with van der Waals surface area (Å²) in [4.78, 5) is 9.63. The molecule has 44 heavy (non-hydrogen) atoms. The third kappa shape index (κ3) is 4.38. The van der Waals surface area contributed by atoms with Crippen LogP contribution in [0, 0.1) is 11.3 Å². The molecule has 0 aliphatic rings. The summed E-state index contributed by atoms with van der Waals surface area (Å²) in [6.45, 7) is 0. The first-order valence-electron chi connectivity index (χ1n) is 14.6. The van der Waals surface area contributed by atoms with Crippen LogP contribution in [0.1, 0.15) is 5.56 Å². The van der Waals surface area contributed by atoms with Crippen LogP contribution in [0.5, 0.6) is 0 Å². The number of hydrogen-bond acceptors (Lipinski definition) is 3. The normalized spacial score (nSPS) is 11.2. The van der Waals surface area contributed by atoms with Crippen molar-refractivity contribution in [2.24, 2.45) is 0 Å². The van der Waals surface area contributed by atoms with E-state index in [1.54, 1.807) is 0 Å². The largest absolute Gasteiger partial charge is 0.254 e. The van der Waals surface area contributed by atoms with Crippen LogP contribution in [-0.2, 0) is 0 Å². The van der Waals surface area contributed by atoms with Gasteiger partial charge in [0, 0.05) is 22.5 Å². The van der Waals surface area contributed by atoms with Gasteiger partial charge in [-0.15, -0.1) is 0 Å². The molecule has 0 radical (unpaired) electrons. The van der Waals surface area contributed by atoms with E-state index in [0.29, 0.717) is 5.56 Å². The molecular formula is C41H25N3. The first-order valence-corrected chi connectivity index (χ1v) is 14.6. The molecule has 0 saturated heterocycles. The second-order valence-corrected chi connectivity index (χ2v) is 10.9. The lowest BCUT2D eigenvalue weighted by atomic mass is 9.91. The van der Waals surface area contributed by atoms with Crippen LogP contribution in [0.25, 0.3) is 77.2 Å². The van der Waals surface area contributed by atoms with E-state index >= 15 is 0 Å². The summed E-state index contributed by atoms with van der Waals surface area (Å²) in [6, 6.07) is 52.7. The second-order valence-electron chi connectivity index (χ2n) is 10.9. The Morgan fingerprint density at radius 1 is 0.432 bits per heavy atom. The molecule has 0 atom stereocenters. The molecule has 0 N–H and O–H groups in total. The molecule has 3 nitrogen and oxygen atoms in total. The Morgan fingerprint density at radius 3 is 1.64 bits per heavy atom. The quantitative estimate of drug-likeness (QED) is 0.202. The Labute approximate surface area is 255 Å². The minimum atomic E-state index is 0.683. The highest BCUT2D eigenvalue weighted by Crippen LogP contribution is 2.37. The summed E-state index contributed by atoms with van der Waals surface area (Å²) in [5.74, 6) is 0. The number of nitriles is 1. The highest BCUT2D eigenvalue weighted by molar-refractivity contribution is 6.05. The highest BCUT2D eigenvalue weighted by Gasteiger charge is 2.12. The number of pyridine rings is 2. The monoisotopic (exact) mass is 559 g/mol. The lowest BCUT2D eigenvalue weighted by Gasteiger charge is -2.13. The summed E-state index contributed by atoms with van der Waals surface area (Å²) in [6.07, 6.45) is 1.83. The third-order valence-corrected chi connectivity index (χ3v) is 8.40. The molecule has 6 aromatic carbocycles. The number of fused-ring (bicyclic) bond motifs is 4. The third-order valence-electron chi connectivity index (χ3n) is 8.40. The fourth-order valence-electron chi connectivity index (χ4n) is 6.17. The van der Waals surface area contributed by atoms with Crippen LogP contribution in [-0.4, -0.2) is 9.97 Å². The van der Waals surface area contributed by atoms with Crippen molar-refractivity contribution in [3.05, 3.63) is 157 Å². The second kappa shape index (κ2) is 10.6. The van der Waals surface area contributed by atoms with Gasteiger partial charge in [0.25, 0.3) is 0 Å². The molecule has 0 unspecified atom stereocenters. The van der Waals surface area contributed by atoms with Crippen molar-refractivity contribution in [2.75, 3.05) is 0 Å². The lowest BCUT2D eigenvalue weighted by molar-refractivity contribution is 1.37. The van der Waals surface area contributed by atoms with Crippen LogP contribution >= 0.6 is 0 Å². The number of rotatable bonds is 4. The number of hydrogen-bond donors (Lipinski definition) is 0. The van der Waals surface area contributed by atoms with E-state index in [2.05, 4.69) is 126 Å². The molecule has 3 heteroatoms. The Hall–Kier alpha value is -6.11. The predicted octanol–water partition coefficient (Wildman–Crippen LogP) is 10.5. The van der Waals surface area contributed by atoms with E-state index in [9.17, 15) is 5.26 Å². The Bertz CT molecular complexity index is 2380. The first-order chi connectivity index (χ1) is 21.8. The van der Waals surface area contributed by atoms with E-state index in [4.69, 9.17) is 4.98 Å². The van der Waals surface area contributed by atoms with Crippen LogP contribution in [0.15, 0.2) is 152 Å². The number of aromatic nitrogens is 2. The summed E-state index contributed by atoms with van der Waals surface area (Å²) >= 11 is 0. The van der Waals surface area contributed by atoms with Gasteiger partial charge in [-0.2, -0.15) is 5.26 Å². The molecule has 0 bridgehead atoms. The molecule has 0 fully saturated rings. The minimum Gasteiger partial charge on any atom is -0.254 e. The van der Waals surface area contributed by atoms with Gasteiger partial charge in [0.2, 0.25) is 0 Å². The van der Waals surface area contributed by atoms with E-state index in [0.717, 1.165) is 55.3 Å². The molecular weight excluding hydrogens is 534 g/mol. The summed E-state index contributed by atoms with van der Waals surface area (Å²) in [5, 5.41) is 14.1. The standard InChI is InChI=1S/C41H25N3/c42-26-33-6-1-2-8-34(33)27-11-13-28(14-12-27)35-22-23-36(38-10-4-3-9-37(35)38)29-15-17-30(18-16-29)39-24-21-32-20-19-31-7-5-25-43-40(31)41(32)44-39/h1-25H. The van der Waals surface area contributed by atoms with E-state index in [1.165, 1.54) is 21.9 Å². The maximum atomic E-state index is 9.54. The molecule has 8 rings (SSSR count). The lowest BCUT2D eigenvalue weighted by Crippen LogP contribution is -1.89. The van der Waals surface area contributed by atoms with Gasteiger partial charge in [0.15, 0.2) is 0 Å². The Kier molecular flexibility index (Phi) is 6.18. The van der Waals surface area contributed by atoms with Gasteiger partial charge in [0.05, 0.1) is 28.4 Å². The fourth-order valence-corrected chi connectivity index (χ4v) is 6.17. The first kappa shape index (κ1) is 25.6. The highest BCUT2D eigenvalue weighted by atomic mass is 14.7. The maximum absolute atomic E-state index is 9.54. The molecule has 0 amide bonds. The Morgan fingerprint density at radius 2 is 0.977 bits per heavy atom. The zero-order valence-electron chi connectivity index (χ0n) is 23.8. The van der Waals surface area contributed by atoms with Gasteiger partial charge in [-0.3, -0.25) is 4.98 Å². The molecule has 2 aromatic heterocycles. The predicted molar refractivity (Wildman–Crippen MR) is 181 cm³/mol. The summed E-state index contributed by atoms with van der Waals surface area (Å²) in [5.41, 5.74) is 11.2. The molecule has 0 aliphatic carbocycles. The molecule has 0 spiro atoms. The van der Waals surface area contributed by atoms with Crippen molar-refractivity contribution < 1.29 is 0 Å². The van der Waals surface area contributed by atoms with E-state index < -0.39 is 0 Å². The van der Waals surface area contributed by atoms with Gasteiger partial charge >= 0.3 is 0 Å². The summed E-state index contributed by atoms with van der Waals surface area (Å²) in [7, 11) is 0. The van der Waals surface area contributed by atoms with Crippen molar-refractivity contribution in [3.63, 3.8) is 0 Å². The average Bonchev–Trinajstić information content (AvgIpc) is 3.11. The van der Waals surface area contributed by atoms with Gasteiger partial charge < -0.3 is 0 Å². The average molecular weight is 560 g/mol. The molecule has 8 aromatic rings. The molecule has 204 valence electrons. The van der Waals surface area contributed by atoms with Crippen LogP contribution in [0.2, 0.25) is 0 Å². The van der Waals surface area contributed by atoms with Crippen molar-refractivity contribution in [1.29, 1.82) is 5.26 Å². The Balaban J connectivity index is 1.15. The van der Waals surface area contributed by atoms with Crippen molar-refractivity contribution in [2.45, 2.75) is 0 Å². The van der Waals surface area contributed by atoms with E-state index in [-0.39, 0.29) is 0 Å². The topological polar surface area (TPSA) is 49.6 Å². The fraction of sp³-hybridized carbons (Fsp3) is 0. The SMILES string of the molecule is N#Cc1ccccc1-c1ccc(-c2ccc(-c3ccc(-c4ccc5ccc6cccnc6c5n4)cc3)c3ccccc23)cc1. The van der Waals surface area contributed by atoms with Gasteiger partial charge in [-0.25, -0.2) is 4.98 Å². The van der Waals surface area contributed by atoms with Gasteiger partial charge in [-0.1, -0.05) is 127 Å². The van der Waals surface area contributed by atoms with Crippen molar-refractivity contribution >= 4 is 32.6 Å². The number of benzene rings is 6. The zero-order valence-corrected chi connectivity index (χ0v) is 23.8. The van der Waals surface area contributed by atoms with Crippen molar-refractivity contribution in [3.8, 4) is 50.7 Å². The van der Waals surface area contributed by atoms with Crippen molar-refractivity contribution in [1.82, 2.24) is 9.97 Å². The van der Waals surface area contributed by atoms with Crippen LogP contribution in [0.4, 0.5) is 0 Å². The van der Waals surface area contributed by atoms with E-state index in [1.807, 2.05) is 36.5 Å². The van der Waals surface area contributed by atoms with Crippen LogP contribution in [0.3, 0.4) is 0 Å². The maximum Gasteiger partial charge on any atom is 0.0998 e. The molecule has 0 saturated carbocycles.